The Bertz CT molecular complexity index is 1430. The minimum Gasteiger partial charge on any atom is -0.486 e. The number of benzene rings is 3. The highest BCUT2D eigenvalue weighted by Gasteiger charge is 2.39. The molecule has 0 spiro atoms. The first-order valence-electron chi connectivity index (χ1n) is 10.9. The number of aromatic nitrogens is 2. The molecule has 0 saturated heterocycles. The van der Waals surface area contributed by atoms with Crippen molar-refractivity contribution in [2.24, 2.45) is 0 Å². The molecular formula is C26H21Cl3FN3OS. The summed E-state index contributed by atoms with van der Waals surface area (Å²) in [5.74, 6) is 1.10. The molecule has 1 unspecified atom stereocenters. The number of rotatable bonds is 6. The number of nitrogens with one attached hydrogen (secondary N) is 1. The third-order valence-electron chi connectivity index (χ3n) is 6.27. The molecule has 0 bridgehead atoms. The lowest BCUT2D eigenvalue weighted by molar-refractivity contribution is 0.291. The molecule has 0 saturated carbocycles. The van der Waals surface area contributed by atoms with Crippen LogP contribution in [0, 0.1) is 5.82 Å². The molecular weight excluding hydrogens is 528 g/mol. The SMILES string of the molecule is CNSc1cc(OCc2ncc3n2-c2ccc(F)cc2CC3(C)c2ccc(Cl)c(Cl)c2)ccc1Cl. The molecule has 180 valence electrons. The summed E-state index contributed by atoms with van der Waals surface area (Å²) in [6.45, 7) is 2.33. The highest BCUT2D eigenvalue weighted by atomic mass is 35.5. The van der Waals surface area contributed by atoms with E-state index in [0.29, 0.717) is 33.1 Å². The van der Waals surface area contributed by atoms with Gasteiger partial charge in [0.15, 0.2) is 5.82 Å². The Labute approximate surface area is 222 Å². The van der Waals surface area contributed by atoms with Crippen LogP contribution in [0.5, 0.6) is 5.75 Å². The predicted octanol–water partition coefficient (Wildman–Crippen LogP) is 7.64. The average molecular weight is 549 g/mol. The van der Waals surface area contributed by atoms with Gasteiger partial charge in [-0.05, 0) is 92.0 Å². The summed E-state index contributed by atoms with van der Waals surface area (Å²) in [6, 6.07) is 16.0. The van der Waals surface area contributed by atoms with Crippen molar-refractivity contribution in [2.75, 3.05) is 7.05 Å². The summed E-state index contributed by atoms with van der Waals surface area (Å²) in [5, 5.41) is 1.61. The Morgan fingerprint density at radius 3 is 2.63 bits per heavy atom. The van der Waals surface area contributed by atoms with Crippen LogP contribution in [-0.2, 0) is 18.4 Å². The quantitative estimate of drug-likeness (QED) is 0.251. The zero-order chi connectivity index (χ0) is 24.7. The molecule has 2 heterocycles. The highest BCUT2D eigenvalue weighted by Crippen LogP contribution is 2.44. The number of halogens is 4. The van der Waals surface area contributed by atoms with Gasteiger partial charge in [-0.3, -0.25) is 9.29 Å². The zero-order valence-corrected chi connectivity index (χ0v) is 22.0. The topological polar surface area (TPSA) is 39.1 Å². The molecule has 35 heavy (non-hydrogen) atoms. The summed E-state index contributed by atoms with van der Waals surface area (Å²) in [4.78, 5) is 5.58. The maximum atomic E-state index is 14.3. The monoisotopic (exact) mass is 547 g/mol. The highest BCUT2D eigenvalue weighted by molar-refractivity contribution is 7.97. The zero-order valence-electron chi connectivity index (χ0n) is 18.9. The van der Waals surface area contributed by atoms with Gasteiger partial charge >= 0.3 is 0 Å². The average Bonchev–Trinajstić information content (AvgIpc) is 3.26. The fourth-order valence-corrected chi connectivity index (χ4v) is 5.63. The summed E-state index contributed by atoms with van der Waals surface area (Å²) in [5.41, 5.74) is 3.21. The summed E-state index contributed by atoms with van der Waals surface area (Å²) < 4.78 is 25.5. The van der Waals surface area contributed by atoms with E-state index in [9.17, 15) is 4.39 Å². The molecule has 4 aromatic rings. The van der Waals surface area contributed by atoms with Gasteiger partial charge in [0, 0.05) is 16.5 Å². The molecule has 0 aliphatic carbocycles. The van der Waals surface area contributed by atoms with Crippen molar-refractivity contribution in [2.45, 2.75) is 30.3 Å². The van der Waals surface area contributed by atoms with Crippen LogP contribution in [-0.4, -0.2) is 16.6 Å². The number of hydrogen-bond acceptors (Lipinski definition) is 4. The van der Waals surface area contributed by atoms with Gasteiger partial charge in [0.2, 0.25) is 0 Å². The normalized spacial score (nSPS) is 16.6. The fraction of sp³-hybridized carbons (Fsp3) is 0.192. The van der Waals surface area contributed by atoms with Crippen molar-refractivity contribution >= 4 is 46.8 Å². The molecule has 1 N–H and O–H groups in total. The van der Waals surface area contributed by atoms with E-state index < -0.39 is 5.41 Å². The van der Waals surface area contributed by atoms with Crippen molar-refractivity contribution in [3.63, 3.8) is 0 Å². The molecule has 1 atom stereocenters. The van der Waals surface area contributed by atoms with E-state index in [1.807, 2.05) is 37.5 Å². The number of nitrogens with zero attached hydrogens (tertiary/aromatic N) is 2. The van der Waals surface area contributed by atoms with Gasteiger partial charge in [-0.2, -0.15) is 0 Å². The summed E-state index contributed by atoms with van der Waals surface area (Å²) in [6.07, 6.45) is 2.45. The molecule has 4 nitrogen and oxygen atoms in total. The van der Waals surface area contributed by atoms with Gasteiger partial charge in [-0.15, -0.1) is 0 Å². The van der Waals surface area contributed by atoms with Crippen LogP contribution in [0.3, 0.4) is 0 Å². The van der Waals surface area contributed by atoms with Crippen LogP contribution in [0.2, 0.25) is 15.1 Å². The van der Waals surface area contributed by atoms with Crippen molar-refractivity contribution in [1.29, 1.82) is 0 Å². The van der Waals surface area contributed by atoms with E-state index in [4.69, 9.17) is 44.5 Å². The van der Waals surface area contributed by atoms with Gasteiger partial charge in [0.05, 0.1) is 26.4 Å². The lowest BCUT2D eigenvalue weighted by Crippen LogP contribution is -2.34. The molecule has 0 radical (unpaired) electrons. The molecule has 1 aromatic heterocycles. The second-order valence-electron chi connectivity index (χ2n) is 8.49. The maximum absolute atomic E-state index is 14.3. The van der Waals surface area contributed by atoms with Crippen LogP contribution in [0.25, 0.3) is 5.69 Å². The van der Waals surface area contributed by atoms with E-state index >= 15 is 0 Å². The van der Waals surface area contributed by atoms with Gasteiger partial charge in [0.1, 0.15) is 18.2 Å². The smallest absolute Gasteiger partial charge is 0.151 e. The minimum absolute atomic E-state index is 0.222. The third-order valence-corrected chi connectivity index (χ3v) is 8.21. The Morgan fingerprint density at radius 2 is 1.86 bits per heavy atom. The van der Waals surface area contributed by atoms with Crippen LogP contribution >= 0.6 is 46.8 Å². The predicted molar refractivity (Wildman–Crippen MR) is 141 cm³/mol. The van der Waals surface area contributed by atoms with Gasteiger partial charge in [-0.1, -0.05) is 40.9 Å². The molecule has 9 heteroatoms. The van der Waals surface area contributed by atoms with Crippen molar-refractivity contribution in [3.8, 4) is 11.4 Å². The minimum atomic E-state index is -0.503. The molecule has 5 rings (SSSR count). The van der Waals surface area contributed by atoms with Crippen molar-refractivity contribution in [3.05, 3.63) is 104 Å². The second-order valence-corrected chi connectivity index (χ2v) is 10.8. The Hall–Kier alpha value is -2.22. The number of imidazole rings is 1. The summed E-state index contributed by atoms with van der Waals surface area (Å²) >= 11 is 20.2. The van der Waals surface area contributed by atoms with E-state index in [1.165, 1.54) is 18.0 Å². The first-order valence-corrected chi connectivity index (χ1v) is 12.8. The van der Waals surface area contributed by atoms with E-state index in [0.717, 1.165) is 27.4 Å². The van der Waals surface area contributed by atoms with Crippen LogP contribution in [0.1, 0.15) is 29.6 Å². The molecule has 0 amide bonds. The molecule has 1 aliphatic heterocycles. The third kappa shape index (κ3) is 4.54. The number of hydrogen-bond donors (Lipinski definition) is 1. The Morgan fingerprint density at radius 1 is 1.06 bits per heavy atom. The lowest BCUT2D eigenvalue weighted by Gasteiger charge is -2.37. The van der Waals surface area contributed by atoms with E-state index in [2.05, 4.69) is 16.2 Å². The first kappa shape index (κ1) is 24.5. The van der Waals surface area contributed by atoms with Crippen LogP contribution in [0.4, 0.5) is 4.39 Å². The summed E-state index contributed by atoms with van der Waals surface area (Å²) in [7, 11) is 1.83. The van der Waals surface area contributed by atoms with Gasteiger partial charge in [-0.25, -0.2) is 9.37 Å². The molecule has 1 aliphatic rings. The van der Waals surface area contributed by atoms with Crippen molar-refractivity contribution in [1.82, 2.24) is 14.3 Å². The molecule has 3 aromatic carbocycles. The number of fused-ring (bicyclic) bond motifs is 3. The first-order chi connectivity index (χ1) is 16.8. The Balaban J connectivity index is 1.56. The van der Waals surface area contributed by atoms with Gasteiger partial charge in [0.25, 0.3) is 0 Å². The fourth-order valence-electron chi connectivity index (χ4n) is 4.53. The van der Waals surface area contributed by atoms with E-state index in [-0.39, 0.29) is 12.4 Å². The van der Waals surface area contributed by atoms with Crippen LogP contribution < -0.4 is 9.46 Å². The van der Waals surface area contributed by atoms with Crippen molar-refractivity contribution < 1.29 is 9.13 Å². The largest absolute Gasteiger partial charge is 0.486 e. The number of ether oxygens (including phenoxy) is 1. The second kappa shape index (κ2) is 9.68. The van der Waals surface area contributed by atoms with Crippen LogP contribution in [0.15, 0.2) is 65.7 Å². The molecule has 0 fully saturated rings. The Kier molecular flexibility index (Phi) is 6.77. The standard InChI is InChI=1S/C26H21Cl3FN3OS/c1-26(16-3-6-19(27)21(29)10-16)12-15-9-17(30)4-8-22(15)33-24(26)13-32-25(33)14-34-18-5-7-20(28)23(11-18)35-31-2/h3-11,13,31H,12,14H2,1-2H3. The van der Waals surface area contributed by atoms with E-state index in [1.54, 1.807) is 24.3 Å². The van der Waals surface area contributed by atoms with Gasteiger partial charge < -0.3 is 4.74 Å². The maximum Gasteiger partial charge on any atom is 0.151 e. The lowest BCUT2D eigenvalue weighted by atomic mass is 9.72.